The van der Waals surface area contributed by atoms with E-state index in [2.05, 4.69) is 16.0 Å². The number of halogens is 2. The summed E-state index contributed by atoms with van der Waals surface area (Å²) in [4.78, 5) is 22.5. The van der Waals surface area contributed by atoms with Crippen molar-refractivity contribution >= 4 is 59.3 Å². The van der Waals surface area contributed by atoms with Gasteiger partial charge >= 0.3 is 0 Å². The van der Waals surface area contributed by atoms with Crippen LogP contribution in [0, 0.1) is 0 Å². The van der Waals surface area contributed by atoms with Crippen LogP contribution in [0.3, 0.4) is 0 Å². The summed E-state index contributed by atoms with van der Waals surface area (Å²) in [5, 5.41) is 2.00. The molecule has 0 bridgehead atoms. The average Bonchev–Trinajstić information content (AvgIpc) is 3.37. The predicted molar refractivity (Wildman–Crippen MR) is 127 cm³/mol. The number of fused-ring (bicyclic) bond motifs is 1. The number of nitrogens with zero attached hydrogens (tertiary/aromatic N) is 3. The first-order valence-corrected chi connectivity index (χ1v) is 10.6. The van der Waals surface area contributed by atoms with Gasteiger partial charge in [-0.25, -0.2) is 4.99 Å². The van der Waals surface area contributed by atoms with Gasteiger partial charge in [0.2, 0.25) is 5.91 Å². The topological polar surface area (TPSA) is 61.9 Å². The van der Waals surface area contributed by atoms with Gasteiger partial charge in [0.05, 0.1) is 10.6 Å². The molecule has 0 saturated carbocycles. The van der Waals surface area contributed by atoms with Gasteiger partial charge in [-0.15, -0.1) is 36.2 Å². The number of anilines is 1. The lowest BCUT2D eigenvalue weighted by Crippen LogP contribution is -2.37. The van der Waals surface area contributed by atoms with E-state index in [4.69, 9.17) is 5.73 Å². The number of carbonyl (C=O) groups excluding carboxylic acids is 1. The SMILES string of the molecule is Cl.Cl.NC(=Nc1ccc2c(c1)CCC(=O)N2CCCN1CCCC1)c1cccs1. The minimum Gasteiger partial charge on any atom is -0.383 e. The zero-order valence-electron chi connectivity index (χ0n) is 16.4. The van der Waals surface area contributed by atoms with E-state index >= 15 is 0 Å². The highest BCUT2D eigenvalue weighted by Crippen LogP contribution is 2.31. The van der Waals surface area contributed by atoms with E-state index in [1.54, 1.807) is 11.3 Å². The van der Waals surface area contributed by atoms with Crippen LogP contribution in [-0.4, -0.2) is 42.8 Å². The van der Waals surface area contributed by atoms with E-state index in [1.807, 2.05) is 34.5 Å². The van der Waals surface area contributed by atoms with E-state index in [0.29, 0.717) is 12.3 Å². The summed E-state index contributed by atoms with van der Waals surface area (Å²) < 4.78 is 0. The maximum atomic E-state index is 12.5. The number of thiophene rings is 1. The molecule has 1 amide bonds. The lowest BCUT2D eigenvalue weighted by atomic mass is 10.00. The van der Waals surface area contributed by atoms with Gasteiger partial charge < -0.3 is 15.5 Å². The first-order valence-electron chi connectivity index (χ1n) is 9.74. The molecule has 2 aliphatic heterocycles. The van der Waals surface area contributed by atoms with E-state index in [9.17, 15) is 4.79 Å². The highest BCUT2D eigenvalue weighted by Gasteiger charge is 2.24. The van der Waals surface area contributed by atoms with Crippen LogP contribution in [0.1, 0.15) is 36.1 Å². The van der Waals surface area contributed by atoms with Crippen LogP contribution in [0.25, 0.3) is 0 Å². The van der Waals surface area contributed by atoms with Crippen molar-refractivity contribution in [3.63, 3.8) is 0 Å². The third kappa shape index (κ3) is 5.72. The molecule has 0 aliphatic carbocycles. The van der Waals surface area contributed by atoms with Crippen LogP contribution >= 0.6 is 36.2 Å². The van der Waals surface area contributed by atoms with Crippen LogP contribution in [0.15, 0.2) is 40.7 Å². The zero-order chi connectivity index (χ0) is 18.6. The normalized spacial score (nSPS) is 16.9. The smallest absolute Gasteiger partial charge is 0.227 e. The zero-order valence-corrected chi connectivity index (χ0v) is 18.8. The van der Waals surface area contributed by atoms with E-state index in [0.717, 1.165) is 42.2 Å². The highest BCUT2D eigenvalue weighted by atomic mass is 35.5. The van der Waals surface area contributed by atoms with E-state index in [-0.39, 0.29) is 30.7 Å². The summed E-state index contributed by atoms with van der Waals surface area (Å²) in [6, 6.07) is 10.0. The van der Waals surface area contributed by atoms with Crippen molar-refractivity contribution in [2.45, 2.75) is 32.1 Å². The number of aryl methyl sites for hydroxylation is 1. The molecular formula is C21H28Cl2N4OS. The molecule has 8 heteroatoms. The predicted octanol–water partition coefficient (Wildman–Crippen LogP) is 4.39. The molecule has 158 valence electrons. The molecule has 1 saturated heterocycles. The number of amidine groups is 1. The Hall–Kier alpha value is -1.60. The monoisotopic (exact) mass is 454 g/mol. The van der Waals surface area contributed by atoms with Crippen LogP contribution in [0.4, 0.5) is 11.4 Å². The lowest BCUT2D eigenvalue weighted by Gasteiger charge is -2.30. The second-order valence-corrected chi connectivity index (χ2v) is 8.18. The number of carbonyl (C=O) groups is 1. The first-order chi connectivity index (χ1) is 13.2. The summed E-state index contributed by atoms with van der Waals surface area (Å²) in [7, 11) is 0. The van der Waals surface area contributed by atoms with E-state index < -0.39 is 0 Å². The molecule has 0 radical (unpaired) electrons. The van der Waals surface area contributed by atoms with Crippen LogP contribution in [-0.2, 0) is 11.2 Å². The minimum atomic E-state index is 0. The van der Waals surface area contributed by atoms with E-state index in [1.165, 1.54) is 31.5 Å². The molecule has 0 unspecified atom stereocenters. The van der Waals surface area contributed by atoms with Gasteiger partial charge in [0, 0.05) is 18.7 Å². The van der Waals surface area contributed by atoms with Gasteiger partial charge in [-0.05, 0) is 80.5 Å². The molecule has 1 fully saturated rings. The number of hydrogen-bond donors (Lipinski definition) is 1. The lowest BCUT2D eigenvalue weighted by molar-refractivity contribution is -0.118. The maximum absolute atomic E-state index is 12.5. The summed E-state index contributed by atoms with van der Waals surface area (Å²) in [5.74, 6) is 0.776. The van der Waals surface area contributed by atoms with Gasteiger partial charge in [-0.3, -0.25) is 4.79 Å². The van der Waals surface area contributed by atoms with Crippen LogP contribution in [0.5, 0.6) is 0 Å². The standard InChI is InChI=1S/C21H26N4OS.2ClH/c22-21(19-5-3-14-27-19)23-17-7-8-18-16(15-17)6-9-20(26)25(18)13-4-12-24-10-1-2-11-24;;/h3,5,7-8,14-15H,1-2,4,6,9-13H2,(H2,22,23);2*1H. The molecule has 4 rings (SSSR count). The number of hydrogen-bond acceptors (Lipinski definition) is 4. The maximum Gasteiger partial charge on any atom is 0.227 e. The fraction of sp³-hybridized carbons (Fsp3) is 0.429. The summed E-state index contributed by atoms with van der Waals surface area (Å²) >= 11 is 1.59. The van der Waals surface area contributed by atoms with Crippen molar-refractivity contribution in [2.24, 2.45) is 10.7 Å². The minimum absolute atomic E-state index is 0. The number of aliphatic imine (C=N–C) groups is 1. The van der Waals surface area contributed by atoms with Gasteiger partial charge in [0.25, 0.3) is 0 Å². The van der Waals surface area contributed by atoms with Crippen molar-refractivity contribution in [1.82, 2.24) is 4.90 Å². The Morgan fingerprint density at radius 3 is 2.62 bits per heavy atom. The molecule has 0 atom stereocenters. The molecule has 2 aromatic rings. The van der Waals surface area contributed by atoms with Crippen LogP contribution < -0.4 is 10.6 Å². The average molecular weight is 455 g/mol. The number of amides is 1. The van der Waals surface area contributed by atoms with Gasteiger partial charge in [-0.2, -0.15) is 0 Å². The molecule has 1 aromatic carbocycles. The molecular weight excluding hydrogens is 427 g/mol. The van der Waals surface area contributed by atoms with Crippen LogP contribution in [0.2, 0.25) is 0 Å². The van der Waals surface area contributed by atoms with Crippen molar-refractivity contribution in [3.05, 3.63) is 46.2 Å². The van der Waals surface area contributed by atoms with Crippen molar-refractivity contribution < 1.29 is 4.79 Å². The molecule has 2 N–H and O–H groups in total. The number of likely N-dealkylation sites (tertiary alicyclic amines) is 1. The Bertz CT molecular complexity index is 835. The quantitative estimate of drug-likeness (QED) is 0.519. The van der Waals surface area contributed by atoms with Crippen molar-refractivity contribution in [2.75, 3.05) is 31.1 Å². The molecule has 1 aromatic heterocycles. The van der Waals surface area contributed by atoms with Gasteiger partial charge in [0.1, 0.15) is 5.84 Å². The van der Waals surface area contributed by atoms with Gasteiger partial charge in [0.15, 0.2) is 0 Å². The molecule has 3 heterocycles. The number of rotatable bonds is 6. The Morgan fingerprint density at radius 1 is 1.10 bits per heavy atom. The highest BCUT2D eigenvalue weighted by molar-refractivity contribution is 7.12. The Labute approximate surface area is 188 Å². The number of benzene rings is 1. The first kappa shape index (κ1) is 23.7. The fourth-order valence-electron chi connectivity index (χ4n) is 3.94. The summed E-state index contributed by atoms with van der Waals surface area (Å²) in [6.45, 7) is 4.29. The second-order valence-electron chi connectivity index (χ2n) is 7.24. The molecule has 2 aliphatic rings. The molecule has 0 spiro atoms. The third-order valence-electron chi connectivity index (χ3n) is 5.34. The second kappa shape index (κ2) is 11.0. The van der Waals surface area contributed by atoms with Crippen molar-refractivity contribution in [1.29, 1.82) is 0 Å². The summed E-state index contributed by atoms with van der Waals surface area (Å²) in [6.07, 6.45) is 4.99. The van der Waals surface area contributed by atoms with Gasteiger partial charge in [-0.1, -0.05) is 6.07 Å². The van der Waals surface area contributed by atoms with Crippen molar-refractivity contribution in [3.8, 4) is 0 Å². The Kier molecular flexibility index (Phi) is 8.96. The number of nitrogens with two attached hydrogens (primary N) is 1. The molecule has 29 heavy (non-hydrogen) atoms. The molecule has 5 nitrogen and oxygen atoms in total. The third-order valence-corrected chi connectivity index (χ3v) is 6.23. The fourth-order valence-corrected chi connectivity index (χ4v) is 4.57. The Morgan fingerprint density at radius 2 is 1.90 bits per heavy atom. The largest absolute Gasteiger partial charge is 0.383 e. The Balaban J connectivity index is 0.00000150. The summed E-state index contributed by atoms with van der Waals surface area (Å²) in [5.41, 5.74) is 9.20.